The van der Waals surface area contributed by atoms with Gasteiger partial charge in [-0.25, -0.2) is 0 Å². The maximum absolute atomic E-state index is 6.36. The molecule has 0 fully saturated rings. The lowest BCUT2D eigenvalue weighted by Crippen LogP contribution is -2.15. The average molecular weight is 574 g/mol. The molecule has 0 saturated carbocycles. The topological polar surface area (TPSA) is 18.1 Å². The van der Waals surface area contributed by atoms with E-state index in [1.165, 1.54) is 92.8 Å². The molecule has 210 valence electrons. The number of benzene rings is 8. The van der Waals surface area contributed by atoms with Crippen molar-refractivity contribution in [3.05, 3.63) is 139 Å². The summed E-state index contributed by atoms with van der Waals surface area (Å²) < 4.78 is 8.88. The van der Waals surface area contributed by atoms with E-state index in [-0.39, 0.29) is 5.41 Å². The summed E-state index contributed by atoms with van der Waals surface area (Å²) in [7, 11) is 0. The number of nitrogens with zero attached hydrogens (tertiary/aromatic N) is 1. The monoisotopic (exact) mass is 573 g/mol. The normalized spacial score (nSPS) is 14.2. The van der Waals surface area contributed by atoms with Crippen LogP contribution in [0.15, 0.2) is 132 Å². The van der Waals surface area contributed by atoms with Crippen molar-refractivity contribution in [3.63, 3.8) is 0 Å². The van der Waals surface area contributed by atoms with Crippen LogP contribution in [-0.2, 0) is 5.41 Å². The molecule has 0 N–H and O–H groups in total. The van der Waals surface area contributed by atoms with Crippen molar-refractivity contribution in [2.24, 2.45) is 0 Å². The first-order chi connectivity index (χ1) is 22.1. The van der Waals surface area contributed by atoms with E-state index < -0.39 is 0 Å². The summed E-state index contributed by atoms with van der Waals surface area (Å²) in [6.07, 6.45) is 0. The molecule has 2 nitrogen and oxygen atoms in total. The largest absolute Gasteiger partial charge is 0.456 e. The smallest absolute Gasteiger partial charge is 0.135 e. The van der Waals surface area contributed by atoms with Crippen LogP contribution in [0.2, 0.25) is 0 Å². The number of rotatable bonds is 1. The van der Waals surface area contributed by atoms with Crippen molar-refractivity contribution < 1.29 is 4.42 Å². The molecule has 0 unspecified atom stereocenters. The molecule has 0 bridgehead atoms. The fraction of sp³-hybridized carbons (Fsp3) is 0.0698. The van der Waals surface area contributed by atoms with Gasteiger partial charge in [0.05, 0.1) is 16.7 Å². The maximum Gasteiger partial charge on any atom is 0.135 e. The number of aromatic nitrogens is 1. The maximum atomic E-state index is 6.36. The zero-order valence-corrected chi connectivity index (χ0v) is 25.0. The van der Waals surface area contributed by atoms with Crippen molar-refractivity contribution in [1.29, 1.82) is 0 Å². The molecular weight excluding hydrogens is 546 g/mol. The van der Waals surface area contributed by atoms with Crippen LogP contribution in [-0.4, -0.2) is 4.57 Å². The van der Waals surface area contributed by atoms with Crippen LogP contribution in [0.3, 0.4) is 0 Å². The van der Waals surface area contributed by atoms with Crippen molar-refractivity contribution in [3.8, 4) is 16.8 Å². The summed E-state index contributed by atoms with van der Waals surface area (Å²) in [5, 5.41) is 12.8. The highest BCUT2D eigenvalue weighted by molar-refractivity contribution is 6.26. The molecule has 11 rings (SSSR count). The predicted molar refractivity (Wildman–Crippen MR) is 189 cm³/mol. The van der Waals surface area contributed by atoms with Gasteiger partial charge in [-0.2, -0.15) is 0 Å². The van der Waals surface area contributed by atoms with E-state index in [0.717, 1.165) is 11.2 Å². The Morgan fingerprint density at radius 2 is 1.13 bits per heavy atom. The lowest BCUT2D eigenvalue weighted by Gasteiger charge is -2.22. The van der Waals surface area contributed by atoms with Gasteiger partial charge in [0.2, 0.25) is 0 Å². The SMILES string of the molecule is CC1(C)c2cc3oc4ccccc4c3cc2-c2cc3c4ccccc4n(-c4cc5cccc6ccc7cccc4c7c65)c3cc21. The molecule has 0 radical (unpaired) electrons. The zero-order valence-electron chi connectivity index (χ0n) is 25.0. The molecule has 1 aliphatic rings. The second kappa shape index (κ2) is 7.91. The van der Waals surface area contributed by atoms with Crippen molar-refractivity contribution in [2.45, 2.75) is 19.3 Å². The van der Waals surface area contributed by atoms with E-state index in [1.54, 1.807) is 0 Å². The van der Waals surface area contributed by atoms with Crippen LogP contribution < -0.4 is 0 Å². The Labute approximate surface area is 259 Å². The second-order valence-corrected chi connectivity index (χ2v) is 13.3. The molecule has 10 aromatic rings. The lowest BCUT2D eigenvalue weighted by molar-refractivity contribution is 0.647. The first-order valence-corrected chi connectivity index (χ1v) is 15.8. The quantitative estimate of drug-likeness (QED) is 0.179. The molecular formula is C43H27NO. The first-order valence-electron chi connectivity index (χ1n) is 15.8. The fourth-order valence-electron chi connectivity index (χ4n) is 8.60. The standard InChI is InChI=1S/C43H27NO/c1-43(2)34-22-38-32(20-30(34)31-21-33-28-13-4-6-16-39(28)45-40(33)23-35(31)43)27-12-3-5-15-36(27)44(38)37-19-26-11-7-9-24-17-18-25-10-8-14-29(37)42(25)41(24)26/h3-23H,1-2H3. The molecule has 0 amide bonds. The van der Waals surface area contributed by atoms with Gasteiger partial charge in [-0.05, 0) is 91.6 Å². The third-order valence-electron chi connectivity index (χ3n) is 10.7. The molecule has 2 heterocycles. The van der Waals surface area contributed by atoms with E-state index in [4.69, 9.17) is 4.42 Å². The summed E-state index contributed by atoms with van der Waals surface area (Å²) in [4.78, 5) is 0. The Bertz CT molecular complexity index is 2900. The van der Waals surface area contributed by atoms with Crippen molar-refractivity contribution >= 4 is 76.1 Å². The number of para-hydroxylation sites is 2. The van der Waals surface area contributed by atoms with Gasteiger partial charge in [0, 0.05) is 32.3 Å². The van der Waals surface area contributed by atoms with Crippen LogP contribution >= 0.6 is 0 Å². The van der Waals surface area contributed by atoms with Gasteiger partial charge < -0.3 is 8.98 Å². The fourth-order valence-corrected chi connectivity index (χ4v) is 8.60. The highest BCUT2D eigenvalue weighted by Gasteiger charge is 2.37. The van der Waals surface area contributed by atoms with E-state index >= 15 is 0 Å². The predicted octanol–water partition coefficient (Wildman–Crippen LogP) is 11.9. The van der Waals surface area contributed by atoms with Gasteiger partial charge in [0.25, 0.3) is 0 Å². The minimum absolute atomic E-state index is 0.174. The molecule has 2 aromatic heterocycles. The first kappa shape index (κ1) is 23.8. The Morgan fingerprint density at radius 3 is 2.00 bits per heavy atom. The number of hydrogen-bond acceptors (Lipinski definition) is 1. The molecule has 1 aliphatic carbocycles. The van der Waals surface area contributed by atoms with Gasteiger partial charge in [0.15, 0.2) is 0 Å². The van der Waals surface area contributed by atoms with Gasteiger partial charge in [0.1, 0.15) is 11.2 Å². The summed E-state index contributed by atoms with van der Waals surface area (Å²) in [6.45, 7) is 4.73. The van der Waals surface area contributed by atoms with Crippen LogP contribution in [0.1, 0.15) is 25.0 Å². The van der Waals surface area contributed by atoms with E-state index in [9.17, 15) is 0 Å². The number of hydrogen-bond donors (Lipinski definition) is 0. The van der Waals surface area contributed by atoms with Gasteiger partial charge in [-0.1, -0.05) is 98.8 Å². The highest BCUT2D eigenvalue weighted by atomic mass is 16.3. The Hall–Kier alpha value is -5.60. The molecule has 8 aromatic carbocycles. The summed E-state index contributed by atoms with van der Waals surface area (Å²) in [5.41, 5.74) is 10.8. The summed E-state index contributed by atoms with van der Waals surface area (Å²) >= 11 is 0. The molecule has 0 atom stereocenters. The summed E-state index contributed by atoms with van der Waals surface area (Å²) in [6, 6.07) is 47.3. The van der Waals surface area contributed by atoms with E-state index in [2.05, 4.69) is 140 Å². The molecule has 0 saturated heterocycles. The zero-order chi connectivity index (χ0) is 29.6. The minimum Gasteiger partial charge on any atom is -0.456 e. The van der Waals surface area contributed by atoms with Gasteiger partial charge >= 0.3 is 0 Å². The van der Waals surface area contributed by atoms with E-state index in [1.807, 2.05) is 6.07 Å². The number of fused-ring (bicyclic) bond motifs is 9. The molecule has 45 heavy (non-hydrogen) atoms. The third-order valence-corrected chi connectivity index (χ3v) is 10.7. The van der Waals surface area contributed by atoms with Crippen LogP contribution in [0, 0.1) is 0 Å². The minimum atomic E-state index is -0.174. The summed E-state index contributed by atoms with van der Waals surface area (Å²) in [5.74, 6) is 0. The lowest BCUT2D eigenvalue weighted by atomic mass is 9.82. The Kier molecular flexibility index (Phi) is 4.19. The van der Waals surface area contributed by atoms with Crippen LogP contribution in [0.25, 0.3) is 92.9 Å². The molecule has 2 heteroatoms. The molecule has 0 aliphatic heterocycles. The van der Waals surface area contributed by atoms with Crippen LogP contribution in [0.5, 0.6) is 0 Å². The van der Waals surface area contributed by atoms with Gasteiger partial charge in [-0.3, -0.25) is 0 Å². The van der Waals surface area contributed by atoms with Crippen molar-refractivity contribution in [1.82, 2.24) is 4.57 Å². The average Bonchev–Trinajstić information content (AvgIpc) is 3.67. The Balaban J connectivity index is 1.27. The van der Waals surface area contributed by atoms with Crippen molar-refractivity contribution in [2.75, 3.05) is 0 Å². The molecule has 0 spiro atoms. The van der Waals surface area contributed by atoms with Gasteiger partial charge in [-0.15, -0.1) is 0 Å². The highest BCUT2D eigenvalue weighted by Crippen LogP contribution is 2.53. The second-order valence-electron chi connectivity index (χ2n) is 13.3. The third kappa shape index (κ3) is 2.86. The number of furan rings is 1. The Morgan fingerprint density at radius 1 is 0.467 bits per heavy atom. The van der Waals surface area contributed by atoms with Crippen LogP contribution in [0.4, 0.5) is 0 Å². The van der Waals surface area contributed by atoms with E-state index in [0.29, 0.717) is 0 Å².